The highest BCUT2D eigenvalue weighted by Crippen LogP contribution is 2.27. The van der Waals surface area contributed by atoms with Crippen molar-refractivity contribution >= 4 is 11.0 Å². The zero-order valence-corrected chi connectivity index (χ0v) is 15.6. The van der Waals surface area contributed by atoms with Crippen molar-refractivity contribution in [2.45, 2.75) is 13.0 Å². The Balaban J connectivity index is 1.52. The average Bonchev–Trinajstić information content (AvgIpc) is 3.10. The number of ether oxygens (including phenoxy) is 2. The summed E-state index contributed by atoms with van der Waals surface area (Å²) in [7, 11) is 1.64. The predicted molar refractivity (Wildman–Crippen MR) is 108 cm³/mol. The first-order valence-electron chi connectivity index (χ1n) is 9.23. The summed E-state index contributed by atoms with van der Waals surface area (Å²) in [4.78, 5) is 4.67. The minimum absolute atomic E-state index is 0.270. The monoisotopic (exact) mass is 376 g/mol. The standard InChI is InChI=1S/C23H21FN2O2/c1-27-17-11-13-18(14-12-17)28-16-6-15-26-22-10-5-4-9-21(22)25-23(26)19-7-2-3-8-20(19)24/h2-5,7-14H,6,15-16H2,1H3. The molecule has 142 valence electrons. The molecule has 3 aromatic carbocycles. The minimum Gasteiger partial charge on any atom is -0.497 e. The number of hydrogen-bond acceptors (Lipinski definition) is 3. The number of aryl methyl sites for hydroxylation is 1. The number of aromatic nitrogens is 2. The van der Waals surface area contributed by atoms with Gasteiger partial charge in [0.15, 0.2) is 0 Å². The fraction of sp³-hybridized carbons (Fsp3) is 0.174. The lowest BCUT2D eigenvalue weighted by atomic mass is 10.2. The summed E-state index contributed by atoms with van der Waals surface area (Å²) in [5.74, 6) is 1.97. The van der Waals surface area contributed by atoms with Crippen LogP contribution in [0.2, 0.25) is 0 Å². The first-order valence-corrected chi connectivity index (χ1v) is 9.23. The smallest absolute Gasteiger partial charge is 0.144 e. The van der Waals surface area contributed by atoms with E-state index < -0.39 is 0 Å². The maximum atomic E-state index is 14.4. The van der Waals surface area contributed by atoms with Gasteiger partial charge >= 0.3 is 0 Å². The number of rotatable bonds is 7. The van der Waals surface area contributed by atoms with Gasteiger partial charge in [-0.25, -0.2) is 9.37 Å². The Morgan fingerprint density at radius 1 is 0.893 bits per heavy atom. The quantitative estimate of drug-likeness (QED) is 0.410. The molecule has 4 rings (SSSR count). The first-order chi connectivity index (χ1) is 13.8. The second-order valence-corrected chi connectivity index (χ2v) is 6.43. The van der Waals surface area contributed by atoms with Gasteiger partial charge in [0.05, 0.1) is 30.3 Å². The maximum Gasteiger partial charge on any atom is 0.144 e. The van der Waals surface area contributed by atoms with Gasteiger partial charge in [-0.05, 0) is 55.0 Å². The van der Waals surface area contributed by atoms with E-state index in [0.29, 0.717) is 24.5 Å². The van der Waals surface area contributed by atoms with Gasteiger partial charge in [-0.1, -0.05) is 24.3 Å². The summed E-state index contributed by atoms with van der Waals surface area (Å²) in [5.41, 5.74) is 2.36. The molecule has 1 aromatic heterocycles. The highest BCUT2D eigenvalue weighted by atomic mass is 19.1. The van der Waals surface area contributed by atoms with Gasteiger partial charge in [-0.2, -0.15) is 0 Å². The molecule has 0 aliphatic heterocycles. The van der Waals surface area contributed by atoms with Crippen molar-refractivity contribution < 1.29 is 13.9 Å². The zero-order valence-electron chi connectivity index (χ0n) is 15.6. The summed E-state index contributed by atoms with van der Waals surface area (Å²) in [6, 6.07) is 22.1. The van der Waals surface area contributed by atoms with Crippen LogP contribution in [0.5, 0.6) is 11.5 Å². The van der Waals surface area contributed by atoms with Crippen molar-refractivity contribution in [2.75, 3.05) is 13.7 Å². The predicted octanol–water partition coefficient (Wildman–Crippen LogP) is 5.32. The molecule has 28 heavy (non-hydrogen) atoms. The van der Waals surface area contributed by atoms with Crippen LogP contribution in [-0.2, 0) is 6.54 Å². The second-order valence-electron chi connectivity index (χ2n) is 6.43. The number of methoxy groups -OCH3 is 1. The summed E-state index contributed by atoms with van der Waals surface area (Å²) in [5, 5.41) is 0. The molecular weight excluding hydrogens is 355 g/mol. The Morgan fingerprint density at radius 2 is 1.61 bits per heavy atom. The fourth-order valence-corrected chi connectivity index (χ4v) is 3.23. The molecule has 4 nitrogen and oxygen atoms in total. The summed E-state index contributed by atoms with van der Waals surface area (Å²) in [6.07, 6.45) is 0.772. The Labute approximate surface area is 163 Å². The molecule has 0 bridgehead atoms. The van der Waals surface area contributed by atoms with Gasteiger partial charge in [0.25, 0.3) is 0 Å². The Bertz CT molecular complexity index is 1070. The van der Waals surface area contributed by atoms with Crippen LogP contribution in [0.1, 0.15) is 6.42 Å². The molecule has 5 heteroatoms. The van der Waals surface area contributed by atoms with E-state index in [9.17, 15) is 4.39 Å². The van der Waals surface area contributed by atoms with Gasteiger partial charge in [0.2, 0.25) is 0 Å². The van der Waals surface area contributed by atoms with E-state index in [4.69, 9.17) is 9.47 Å². The number of benzene rings is 3. The van der Waals surface area contributed by atoms with E-state index in [2.05, 4.69) is 9.55 Å². The van der Waals surface area contributed by atoms with E-state index in [1.807, 2.05) is 54.6 Å². The number of para-hydroxylation sites is 2. The number of nitrogens with zero attached hydrogens (tertiary/aromatic N) is 2. The summed E-state index contributed by atoms with van der Waals surface area (Å²) < 4.78 is 27.4. The molecule has 0 aliphatic rings. The number of hydrogen-bond donors (Lipinski definition) is 0. The van der Waals surface area contributed by atoms with Gasteiger partial charge in [-0.3, -0.25) is 0 Å². The van der Waals surface area contributed by atoms with Crippen LogP contribution in [0, 0.1) is 5.82 Å². The molecule has 0 amide bonds. The van der Waals surface area contributed by atoms with Gasteiger partial charge < -0.3 is 14.0 Å². The number of imidazole rings is 1. The minimum atomic E-state index is -0.270. The van der Waals surface area contributed by atoms with Crippen LogP contribution in [0.15, 0.2) is 72.8 Å². The molecule has 0 saturated heterocycles. The molecule has 4 aromatic rings. The van der Waals surface area contributed by atoms with E-state index in [1.165, 1.54) is 6.07 Å². The van der Waals surface area contributed by atoms with Crippen LogP contribution in [-0.4, -0.2) is 23.3 Å². The molecule has 1 heterocycles. The van der Waals surface area contributed by atoms with Crippen LogP contribution in [0.4, 0.5) is 4.39 Å². The summed E-state index contributed by atoms with van der Waals surface area (Å²) in [6.45, 7) is 1.23. The maximum absolute atomic E-state index is 14.4. The van der Waals surface area contributed by atoms with Gasteiger partial charge in [0, 0.05) is 6.54 Å². The normalized spacial score (nSPS) is 10.9. The topological polar surface area (TPSA) is 36.3 Å². The van der Waals surface area contributed by atoms with E-state index >= 15 is 0 Å². The third-order valence-corrected chi connectivity index (χ3v) is 4.62. The van der Waals surface area contributed by atoms with Gasteiger partial charge in [0.1, 0.15) is 23.1 Å². The van der Waals surface area contributed by atoms with Crippen molar-refractivity contribution in [1.29, 1.82) is 0 Å². The Morgan fingerprint density at radius 3 is 2.39 bits per heavy atom. The molecule has 0 N–H and O–H groups in total. The molecular formula is C23H21FN2O2. The molecule has 0 atom stereocenters. The molecule has 0 radical (unpaired) electrons. The third kappa shape index (κ3) is 3.69. The van der Waals surface area contributed by atoms with Crippen molar-refractivity contribution in [2.24, 2.45) is 0 Å². The van der Waals surface area contributed by atoms with Crippen LogP contribution in [0.25, 0.3) is 22.4 Å². The van der Waals surface area contributed by atoms with Crippen molar-refractivity contribution in [3.63, 3.8) is 0 Å². The molecule has 0 saturated carbocycles. The van der Waals surface area contributed by atoms with E-state index in [1.54, 1.807) is 19.2 Å². The first kappa shape index (κ1) is 18.0. The summed E-state index contributed by atoms with van der Waals surface area (Å²) >= 11 is 0. The van der Waals surface area contributed by atoms with E-state index in [0.717, 1.165) is 29.0 Å². The Kier molecular flexibility index (Phi) is 5.24. The van der Waals surface area contributed by atoms with Crippen molar-refractivity contribution in [3.05, 3.63) is 78.6 Å². The van der Waals surface area contributed by atoms with Crippen LogP contribution < -0.4 is 9.47 Å². The van der Waals surface area contributed by atoms with Crippen molar-refractivity contribution in [3.8, 4) is 22.9 Å². The molecule has 0 aliphatic carbocycles. The second kappa shape index (κ2) is 8.13. The lowest BCUT2D eigenvalue weighted by molar-refractivity contribution is 0.302. The van der Waals surface area contributed by atoms with Crippen LogP contribution >= 0.6 is 0 Å². The van der Waals surface area contributed by atoms with Crippen LogP contribution in [0.3, 0.4) is 0 Å². The zero-order chi connectivity index (χ0) is 19.3. The third-order valence-electron chi connectivity index (χ3n) is 4.62. The van der Waals surface area contributed by atoms with Gasteiger partial charge in [-0.15, -0.1) is 0 Å². The lowest BCUT2D eigenvalue weighted by Crippen LogP contribution is -2.06. The largest absolute Gasteiger partial charge is 0.497 e. The highest BCUT2D eigenvalue weighted by molar-refractivity contribution is 5.80. The SMILES string of the molecule is COc1ccc(OCCCn2c(-c3ccccc3F)nc3ccccc32)cc1. The number of fused-ring (bicyclic) bond motifs is 1. The highest BCUT2D eigenvalue weighted by Gasteiger charge is 2.15. The molecule has 0 spiro atoms. The lowest BCUT2D eigenvalue weighted by Gasteiger charge is -2.11. The van der Waals surface area contributed by atoms with E-state index in [-0.39, 0.29) is 5.82 Å². The fourth-order valence-electron chi connectivity index (χ4n) is 3.23. The van der Waals surface area contributed by atoms with Crippen molar-refractivity contribution in [1.82, 2.24) is 9.55 Å². The molecule has 0 fully saturated rings. The number of halogens is 1. The average molecular weight is 376 g/mol. The Hall–Kier alpha value is -3.34. The molecule has 0 unspecified atom stereocenters.